The Labute approximate surface area is 148 Å². The molecule has 2 aromatic rings. The fourth-order valence-electron chi connectivity index (χ4n) is 2.74. The molecule has 2 heterocycles. The second-order valence-corrected chi connectivity index (χ2v) is 5.94. The molecule has 0 amide bonds. The molecule has 1 aromatic heterocycles. The lowest BCUT2D eigenvalue weighted by atomic mass is 10.3. The molecule has 25 heavy (non-hydrogen) atoms. The van der Waals surface area contributed by atoms with Crippen LogP contribution in [0.15, 0.2) is 47.7 Å². The van der Waals surface area contributed by atoms with Crippen LogP contribution in [0.4, 0.5) is 0 Å². The van der Waals surface area contributed by atoms with Crippen LogP contribution >= 0.6 is 0 Å². The molecule has 2 N–H and O–H groups in total. The van der Waals surface area contributed by atoms with Crippen molar-refractivity contribution in [2.45, 2.75) is 6.54 Å². The lowest BCUT2D eigenvalue weighted by molar-refractivity contribution is 0.0389. The summed E-state index contributed by atoms with van der Waals surface area (Å²) < 4.78 is 7.24. The molecule has 0 radical (unpaired) electrons. The minimum atomic E-state index is 0.685. The van der Waals surface area contributed by atoms with E-state index in [0.717, 1.165) is 56.6 Å². The molecule has 0 saturated carbocycles. The van der Waals surface area contributed by atoms with Crippen molar-refractivity contribution >= 4 is 5.96 Å². The molecule has 0 bridgehead atoms. The fraction of sp³-hybridized carbons (Fsp3) is 0.444. The zero-order valence-electron chi connectivity index (χ0n) is 14.7. The van der Waals surface area contributed by atoms with Crippen molar-refractivity contribution in [1.29, 1.82) is 0 Å². The monoisotopic (exact) mass is 342 g/mol. The summed E-state index contributed by atoms with van der Waals surface area (Å²) in [4.78, 5) is 6.67. The zero-order chi connectivity index (χ0) is 17.3. The van der Waals surface area contributed by atoms with Crippen LogP contribution < -0.4 is 10.6 Å². The summed E-state index contributed by atoms with van der Waals surface area (Å²) in [5.41, 5.74) is 2.17. The number of nitrogens with one attached hydrogen (secondary N) is 2. The number of aromatic nitrogens is 2. The highest BCUT2D eigenvalue weighted by Gasteiger charge is 2.09. The summed E-state index contributed by atoms with van der Waals surface area (Å²) >= 11 is 0. The maximum Gasteiger partial charge on any atom is 0.191 e. The Morgan fingerprint density at radius 3 is 2.76 bits per heavy atom. The Bertz CT molecular complexity index is 663. The van der Waals surface area contributed by atoms with Gasteiger partial charge in [0.05, 0.1) is 25.1 Å². The van der Waals surface area contributed by atoms with Gasteiger partial charge in [0.2, 0.25) is 0 Å². The third-order valence-electron chi connectivity index (χ3n) is 4.16. The van der Waals surface area contributed by atoms with Gasteiger partial charge in [0, 0.05) is 51.5 Å². The average molecular weight is 342 g/mol. The van der Waals surface area contributed by atoms with Gasteiger partial charge in [-0.3, -0.25) is 9.89 Å². The molecule has 0 atom stereocenters. The first-order valence-corrected chi connectivity index (χ1v) is 8.69. The molecule has 1 aliphatic rings. The topological polar surface area (TPSA) is 66.7 Å². The van der Waals surface area contributed by atoms with E-state index in [1.54, 1.807) is 7.05 Å². The second kappa shape index (κ2) is 9.19. The van der Waals surface area contributed by atoms with Crippen LogP contribution in [0.25, 0.3) is 5.69 Å². The van der Waals surface area contributed by atoms with Crippen LogP contribution in [-0.2, 0) is 11.3 Å². The van der Waals surface area contributed by atoms with Crippen molar-refractivity contribution in [2.24, 2.45) is 4.99 Å². The summed E-state index contributed by atoms with van der Waals surface area (Å²) in [5.74, 6) is 0.806. The van der Waals surface area contributed by atoms with Crippen LogP contribution in [0.3, 0.4) is 0 Å². The number of guanidine groups is 1. The number of aliphatic imine (C=N–C) groups is 1. The molecule has 0 aliphatic carbocycles. The van der Waals surface area contributed by atoms with Gasteiger partial charge in [0.25, 0.3) is 0 Å². The molecule has 7 heteroatoms. The van der Waals surface area contributed by atoms with Crippen LogP contribution in [0.1, 0.15) is 5.56 Å². The summed E-state index contributed by atoms with van der Waals surface area (Å²) in [6, 6.07) is 10.1. The lowest BCUT2D eigenvalue weighted by Crippen LogP contribution is -2.44. The van der Waals surface area contributed by atoms with Gasteiger partial charge in [0.15, 0.2) is 5.96 Å². The van der Waals surface area contributed by atoms with Crippen LogP contribution in [0.2, 0.25) is 0 Å². The molecule has 0 spiro atoms. The van der Waals surface area contributed by atoms with Crippen LogP contribution in [0.5, 0.6) is 0 Å². The molecule has 1 saturated heterocycles. The number of rotatable bonds is 6. The minimum absolute atomic E-state index is 0.685. The number of hydrogen-bond donors (Lipinski definition) is 2. The smallest absolute Gasteiger partial charge is 0.191 e. The molecule has 134 valence electrons. The van der Waals surface area contributed by atoms with Crippen molar-refractivity contribution in [2.75, 3.05) is 46.4 Å². The van der Waals surface area contributed by atoms with E-state index in [9.17, 15) is 0 Å². The van der Waals surface area contributed by atoms with E-state index in [4.69, 9.17) is 4.74 Å². The van der Waals surface area contributed by atoms with E-state index in [0.29, 0.717) is 6.54 Å². The normalized spacial score (nSPS) is 16.0. The number of ether oxygens (including phenoxy) is 1. The zero-order valence-corrected chi connectivity index (χ0v) is 14.7. The molecule has 1 aromatic carbocycles. The van der Waals surface area contributed by atoms with Gasteiger partial charge in [-0.25, -0.2) is 4.68 Å². The highest BCUT2D eigenvalue weighted by molar-refractivity contribution is 5.79. The molecular formula is C18H26N6O. The van der Waals surface area contributed by atoms with E-state index in [1.165, 1.54) is 0 Å². The van der Waals surface area contributed by atoms with Crippen molar-refractivity contribution < 1.29 is 4.74 Å². The van der Waals surface area contributed by atoms with Gasteiger partial charge in [-0.05, 0) is 12.1 Å². The van der Waals surface area contributed by atoms with E-state index < -0.39 is 0 Å². The molecule has 1 fully saturated rings. The Kier molecular flexibility index (Phi) is 6.42. The van der Waals surface area contributed by atoms with Gasteiger partial charge in [-0.15, -0.1) is 0 Å². The third-order valence-corrected chi connectivity index (χ3v) is 4.16. The Balaban J connectivity index is 1.43. The summed E-state index contributed by atoms with van der Waals surface area (Å²) in [7, 11) is 1.79. The SMILES string of the molecule is CN=C(NCCN1CCOCC1)NCc1cnn(-c2ccccc2)c1. The quantitative estimate of drug-likeness (QED) is 0.602. The second-order valence-electron chi connectivity index (χ2n) is 5.94. The number of para-hydroxylation sites is 1. The molecule has 7 nitrogen and oxygen atoms in total. The Morgan fingerprint density at radius 1 is 1.20 bits per heavy atom. The minimum Gasteiger partial charge on any atom is -0.379 e. The van der Waals surface area contributed by atoms with Gasteiger partial charge >= 0.3 is 0 Å². The molecular weight excluding hydrogens is 316 g/mol. The van der Waals surface area contributed by atoms with Crippen LogP contribution in [0, 0.1) is 0 Å². The van der Waals surface area contributed by atoms with Crippen molar-refractivity contribution in [3.63, 3.8) is 0 Å². The Hall–Kier alpha value is -2.38. The van der Waals surface area contributed by atoms with Gasteiger partial charge in [-0.2, -0.15) is 5.10 Å². The fourth-order valence-corrected chi connectivity index (χ4v) is 2.74. The van der Waals surface area contributed by atoms with E-state index in [1.807, 2.05) is 47.4 Å². The standard InChI is InChI=1S/C18H26N6O/c1-19-18(20-7-8-23-9-11-25-12-10-23)21-13-16-14-22-24(15-16)17-5-3-2-4-6-17/h2-6,14-15H,7-13H2,1H3,(H2,19,20,21). The van der Waals surface area contributed by atoms with Gasteiger partial charge in [0.1, 0.15) is 0 Å². The number of nitrogens with zero attached hydrogens (tertiary/aromatic N) is 4. The van der Waals surface area contributed by atoms with Gasteiger partial charge in [-0.1, -0.05) is 18.2 Å². The summed E-state index contributed by atoms with van der Waals surface area (Å²) in [6.07, 6.45) is 3.91. The van der Waals surface area contributed by atoms with Crippen molar-refractivity contribution in [1.82, 2.24) is 25.3 Å². The van der Waals surface area contributed by atoms with E-state index in [2.05, 4.69) is 25.6 Å². The number of hydrogen-bond acceptors (Lipinski definition) is 4. The summed E-state index contributed by atoms with van der Waals surface area (Å²) in [5, 5.41) is 11.1. The van der Waals surface area contributed by atoms with Crippen molar-refractivity contribution in [3.05, 3.63) is 48.3 Å². The average Bonchev–Trinajstić information content (AvgIpc) is 3.15. The predicted molar refractivity (Wildman–Crippen MR) is 99.0 cm³/mol. The first-order chi connectivity index (χ1) is 12.3. The first kappa shape index (κ1) is 17.4. The maximum atomic E-state index is 5.36. The third kappa shape index (κ3) is 5.30. The van der Waals surface area contributed by atoms with Crippen molar-refractivity contribution in [3.8, 4) is 5.69 Å². The molecule has 0 unspecified atom stereocenters. The highest BCUT2D eigenvalue weighted by atomic mass is 16.5. The molecule has 1 aliphatic heterocycles. The molecule has 3 rings (SSSR count). The predicted octanol–water partition coefficient (Wildman–Crippen LogP) is 0.870. The highest BCUT2D eigenvalue weighted by Crippen LogP contribution is 2.07. The van der Waals surface area contributed by atoms with E-state index in [-0.39, 0.29) is 0 Å². The maximum absolute atomic E-state index is 5.36. The Morgan fingerprint density at radius 2 is 2.00 bits per heavy atom. The summed E-state index contributed by atoms with van der Waals surface area (Å²) in [6.45, 7) is 6.22. The van der Waals surface area contributed by atoms with Crippen LogP contribution in [-0.4, -0.2) is 67.1 Å². The number of benzene rings is 1. The lowest BCUT2D eigenvalue weighted by Gasteiger charge is -2.26. The number of morpholine rings is 1. The van der Waals surface area contributed by atoms with Gasteiger partial charge < -0.3 is 15.4 Å². The largest absolute Gasteiger partial charge is 0.379 e. The first-order valence-electron chi connectivity index (χ1n) is 8.69. The van der Waals surface area contributed by atoms with E-state index >= 15 is 0 Å².